The van der Waals surface area contributed by atoms with Crippen LogP contribution in [-0.4, -0.2) is 15.8 Å². The van der Waals surface area contributed by atoms with E-state index in [0.29, 0.717) is 50.9 Å². The van der Waals surface area contributed by atoms with E-state index in [9.17, 15) is 19.0 Å². The van der Waals surface area contributed by atoms with Crippen LogP contribution in [0.2, 0.25) is 0 Å². The van der Waals surface area contributed by atoms with E-state index >= 15 is 0 Å². The van der Waals surface area contributed by atoms with Gasteiger partial charge in [0, 0.05) is 61.4 Å². The third kappa shape index (κ3) is 9.98. The summed E-state index contributed by atoms with van der Waals surface area (Å²) in [5.41, 5.74) is 17.8. The zero-order valence-corrected chi connectivity index (χ0v) is 55.3. The average molecular weight is 1280 g/mol. The lowest BCUT2D eigenvalue weighted by Crippen LogP contribution is -2.61. The molecule has 0 unspecified atom stereocenters. The maximum absolute atomic E-state index is 11.8. The molecule has 0 saturated heterocycles. The van der Waals surface area contributed by atoms with Crippen molar-refractivity contribution >= 4 is 101 Å². The van der Waals surface area contributed by atoms with Crippen molar-refractivity contribution in [2.75, 3.05) is 9.80 Å². The number of benzene rings is 14. The van der Waals surface area contributed by atoms with E-state index in [2.05, 4.69) is 165 Å². The predicted molar refractivity (Wildman–Crippen MR) is 418 cm³/mol. The van der Waals surface area contributed by atoms with Crippen LogP contribution in [0.5, 0.6) is 0 Å². The van der Waals surface area contributed by atoms with E-state index in [1.54, 1.807) is 4.57 Å². The maximum atomic E-state index is 11.8. The average Bonchev–Trinajstić information content (AvgIpc) is 1.00. The number of para-hydroxylation sites is 3. The molecule has 0 atom stereocenters. The normalized spacial score (nSPS) is 14.5. The van der Waals surface area contributed by atoms with E-state index in [1.165, 1.54) is 0 Å². The van der Waals surface area contributed by atoms with Gasteiger partial charge in [0.25, 0.3) is 6.71 Å². The Morgan fingerprint density at radius 2 is 0.758 bits per heavy atom. The fourth-order valence-electron chi connectivity index (χ4n) is 15.0. The van der Waals surface area contributed by atoms with Crippen molar-refractivity contribution in [1.29, 1.82) is 5.26 Å². The van der Waals surface area contributed by atoms with Gasteiger partial charge in [-0.1, -0.05) is 272 Å². The molecule has 6 heteroatoms. The number of fused-ring (bicyclic) bond motifs is 10. The molecule has 4 heterocycles. The monoisotopic (exact) mass is 1280 g/mol. The van der Waals surface area contributed by atoms with Crippen molar-refractivity contribution in [3.05, 3.63) is 332 Å². The number of aromatic nitrogens is 2. The predicted octanol–water partition coefficient (Wildman–Crippen LogP) is 22.8. The first-order valence-electron chi connectivity index (χ1n) is 39.9. The van der Waals surface area contributed by atoms with Gasteiger partial charge in [-0.05, 0) is 179 Å². The largest absolute Gasteiger partial charge is 0.311 e. The number of hydrogen-bond donors (Lipinski definition) is 0. The minimum atomic E-state index is -0.725. The first-order chi connectivity index (χ1) is 53.7. The van der Waals surface area contributed by atoms with Gasteiger partial charge in [0.05, 0.1) is 57.2 Å². The summed E-state index contributed by atoms with van der Waals surface area (Å²) in [7, 11) is 0. The van der Waals surface area contributed by atoms with Gasteiger partial charge in [0.1, 0.15) is 0 Å². The molecule has 0 radical (unpaired) electrons. The van der Waals surface area contributed by atoms with Gasteiger partial charge in [-0.3, -0.25) is 0 Å². The van der Waals surface area contributed by atoms with E-state index in [4.69, 9.17) is 4.11 Å². The number of rotatable bonds is 9. The standard InChI is InChI=1S/C93H70BN5/c1-92(2,3)71-48-70(49-72(55-71)93(4,5)6)67-41-44-82-88(54-67)98(74-46-60(59-95)45-73(56-74)97-85-38-24-21-35-79(85)80-42-39-65(52-86(80)97)61-25-11-7-12-26-61)89-57-76(96-83-36-22-19-33-77(83)78-34-20-23-37-84(78)96)58-90-91(89)94(82)81-43-40-66(62-27-13-8-14-28-62)53-87(81)99(90)75-50-68(63-29-15-9-16-30-63)47-69(51-75)64-31-17-10-18-32-64/h7-58H,1-6H3/i8D,13D,14D,19D,20D,22D,23D,27D,28D,33D,34D,36D,37D. The smallest absolute Gasteiger partial charge is 0.252 e. The molecule has 0 aliphatic carbocycles. The van der Waals surface area contributed by atoms with Crippen LogP contribution in [0.15, 0.2) is 315 Å². The molecule has 2 aliphatic rings. The highest BCUT2D eigenvalue weighted by atomic mass is 15.2. The van der Waals surface area contributed by atoms with Gasteiger partial charge in [-0.25, -0.2) is 0 Å². The molecular weight excluding hydrogens is 1200 g/mol. The quantitative estimate of drug-likeness (QED) is 0.135. The van der Waals surface area contributed by atoms with Crippen LogP contribution in [0.1, 0.15) is 76.1 Å². The lowest BCUT2D eigenvalue weighted by Gasteiger charge is -2.45. The number of anilines is 6. The van der Waals surface area contributed by atoms with E-state index in [0.717, 1.165) is 93.8 Å². The summed E-state index contributed by atoms with van der Waals surface area (Å²) in [6.45, 7) is 12.5. The van der Waals surface area contributed by atoms with Crippen LogP contribution in [0.25, 0.3) is 111 Å². The fourth-order valence-corrected chi connectivity index (χ4v) is 15.0. The minimum absolute atomic E-state index is 0.0229. The summed E-state index contributed by atoms with van der Waals surface area (Å²) in [6, 6.07) is 75.8. The molecule has 2 aliphatic heterocycles. The first kappa shape index (κ1) is 46.9. The van der Waals surface area contributed by atoms with Crippen LogP contribution in [0.4, 0.5) is 34.1 Å². The molecule has 14 aromatic carbocycles. The molecular formula is C93H70BN5. The summed E-state index contributed by atoms with van der Waals surface area (Å²) in [5, 5.41) is 13.5. The summed E-state index contributed by atoms with van der Waals surface area (Å²) >= 11 is 0. The zero-order valence-electron chi connectivity index (χ0n) is 68.3. The Balaban J connectivity index is 1.04. The Hall–Kier alpha value is -12.2. The van der Waals surface area contributed by atoms with Gasteiger partial charge >= 0.3 is 0 Å². The van der Waals surface area contributed by atoms with E-state index in [1.807, 2.05) is 133 Å². The lowest BCUT2D eigenvalue weighted by atomic mass is 9.33. The molecule has 0 amide bonds. The molecule has 0 spiro atoms. The summed E-state index contributed by atoms with van der Waals surface area (Å²) in [6.07, 6.45) is 0. The van der Waals surface area contributed by atoms with Crippen molar-refractivity contribution in [1.82, 2.24) is 9.13 Å². The van der Waals surface area contributed by atoms with Crippen molar-refractivity contribution in [3.63, 3.8) is 0 Å². The van der Waals surface area contributed by atoms with Crippen LogP contribution >= 0.6 is 0 Å². The molecule has 2 aromatic heterocycles. The summed E-state index contributed by atoms with van der Waals surface area (Å²) in [4.78, 5) is 4.27. The summed E-state index contributed by atoms with van der Waals surface area (Å²) < 4.78 is 126. The number of nitriles is 1. The summed E-state index contributed by atoms with van der Waals surface area (Å²) in [5.74, 6) is 0. The molecule has 99 heavy (non-hydrogen) atoms. The van der Waals surface area contributed by atoms with Crippen LogP contribution in [0, 0.1) is 11.3 Å². The molecule has 5 nitrogen and oxygen atoms in total. The van der Waals surface area contributed by atoms with Gasteiger partial charge < -0.3 is 18.9 Å². The second-order valence-electron chi connectivity index (χ2n) is 27.9. The lowest BCUT2D eigenvalue weighted by molar-refractivity contribution is 0.569. The molecule has 470 valence electrons. The Morgan fingerprint density at radius 3 is 1.32 bits per heavy atom. The second kappa shape index (κ2) is 23.0. The molecule has 16 aromatic rings. The van der Waals surface area contributed by atoms with Crippen LogP contribution in [0.3, 0.4) is 0 Å². The Labute approximate surface area is 597 Å². The van der Waals surface area contributed by atoms with Crippen molar-refractivity contribution in [2.45, 2.75) is 52.4 Å². The third-order valence-corrected chi connectivity index (χ3v) is 19.9. The van der Waals surface area contributed by atoms with Gasteiger partial charge in [-0.2, -0.15) is 5.26 Å². The minimum Gasteiger partial charge on any atom is -0.311 e. The molecule has 18 rings (SSSR count). The second-order valence-corrected chi connectivity index (χ2v) is 27.9. The molecule has 0 fully saturated rings. The maximum Gasteiger partial charge on any atom is 0.252 e. The fraction of sp³-hybridized carbons (Fsp3) is 0.0860. The van der Waals surface area contributed by atoms with Crippen molar-refractivity contribution < 1.29 is 17.8 Å². The third-order valence-electron chi connectivity index (χ3n) is 19.9. The van der Waals surface area contributed by atoms with Crippen LogP contribution in [-0.2, 0) is 10.8 Å². The number of hydrogen-bond acceptors (Lipinski definition) is 3. The van der Waals surface area contributed by atoms with Gasteiger partial charge in [-0.15, -0.1) is 0 Å². The van der Waals surface area contributed by atoms with Gasteiger partial charge in [0.2, 0.25) is 0 Å². The van der Waals surface area contributed by atoms with Crippen molar-refractivity contribution in [2.24, 2.45) is 0 Å². The highest BCUT2D eigenvalue weighted by molar-refractivity contribution is 7.00. The highest BCUT2D eigenvalue weighted by Crippen LogP contribution is 2.50. The van der Waals surface area contributed by atoms with Gasteiger partial charge in [0.15, 0.2) is 0 Å². The van der Waals surface area contributed by atoms with E-state index < -0.39 is 85.3 Å². The first-order valence-corrected chi connectivity index (χ1v) is 33.4. The molecule has 0 bridgehead atoms. The number of nitrogens with zero attached hydrogens (tertiary/aromatic N) is 5. The Bertz CT molecular complexity index is 6600. The van der Waals surface area contributed by atoms with E-state index in [-0.39, 0.29) is 43.9 Å². The highest BCUT2D eigenvalue weighted by Gasteiger charge is 2.45. The molecule has 0 saturated carbocycles. The SMILES string of the molecule is [2H]c1c([2H])c([2H])c(-c2ccc3c(c2)N(c2cc(-c4ccccc4)cc(-c4ccccc4)c2)c2cc(-n4c5c([2H])c([2H])c([2H])c([2H])c5c5c([2H])c([2H])c([2H])c([2H])c54)cc4c2B3c2ccc(-c3cc(C(C)(C)C)cc(C(C)(C)C)c3)cc2N4c2cc(C#N)cc(-n3c4ccccc4c4ccc(-c5ccccc5)cc43)c2)c([2H])c1[2H]. The van der Waals surface area contributed by atoms with Crippen LogP contribution < -0.4 is 26.2 Å². The van der Waals surface area contributed by atoms with Crippen molar-refractivity contribution in [3.8, 4) is 73.1 Å². The molecule has 0 N–H and O–H groups in total. The topological polar surface area (TPSA) is 40.1 Å². The zero-order chi connectivity index (χ0) is 78.2. The Kier molecular flexibility index (Phi) is 10.9. The Morgan fingerprint density at radius 1 is 0.313 bits per heavy atom.